The largest absolute Gasteiger partial charge is 0.316 e. The van der Waals surface area contributed by atoms with E-state index in [9.17, 15) is 17.6 Å². The van der Waals surface area contributed by atoms with Crippen LogP contribution in [0.5, 0.6) is 0 Å². The highest BCUT2D eigenvalue weighted by molar-refractivity contribution is 5.15. The molecule has 1 aliphatic rings. The number of rotatable bonds is 1. The maximum Gasteiger partial charge on any atom is 0.316 e. The molecule has 1 rings (SSSR count). The van der Waals surface area contributed by atoms with Crippen LogP contribution in [0.2, 0.25) is 0 Å². The standard InChI is InChI=1S/C7H5F4N/c8-6(9)4-5(2-1-3-12)7(6,10)11/h1-2,5H,4H2. The second-order valence-electron chi connectivity index (χ2n) is 2.63. The minimum Gasteiger partial charge on any atom is -0.200 e. The fraction of sp³-hybridized carbons (Fsp3) is 0.571. The lowest BCUT2D eigenvalue weighted by molar-refractivity contribution is -0.301. The van der Waals surface area contributed by atoms with E-state index in [0.717, 1.165) is 12.2 Å². The van der Waals surface area contributed by atoms with Gasteiger partial charge in [0, 0.05) is 12.5 Å². The van der Waals surface area contributed by atoms with Crippen LogP contribution in [0.15, 0.2) is 12.2 Å². The van der Waals surface area contributed by atoms with Crippen LogP contribution in [-0.4, -0.2) is 11.8 Å². The molecule has 0 aromatic rings. The summed E-state index contributed by atoms with van der Waals surface area (Å²) < 4.78 is 49.0. The molecule has 12 heavy (non-hydrogen) atoms. The Labute approximate surface area is 66.3 Å². The lowest BCUT2D eigenvalue weighted by atomic mass is 9.76. The van der Waals surface area contributed by atoms with Gasteiger partial charge in [0.25, 0.3) is 0 Å². The summed E-state index contributed by atoms with van der Waals surface area (Å²) in [6.07, 6.45) is 0.739. The summed E-state index contributed by atoms with van der Waals surface area (Å²) in [5.74, 6) is -9.38. The van der Waals surface area contributed by atoms with Gasteiger partial charge in [0.15, 0.2) is 0 Å². The lowest BCUT2D eigenvalue weighted by Gasteiger charge is -2.42. The summed E-state index contributed by atoms with van der Waals surface area (Å²) in [5.41, 5.74) is 0. The van der Waals surface area contributed by atoms with Gasteiger partial charge in [-0.05, 0) is 0 Å². The topological polar surface area (TPSA) is 23.8 Å². The van der Waals surface area contributed by atoms with E-state index in [1.165, 1.54) is 6.07 Å². The molecule has 1 aliphatic carbocycles. The van der Waals surface area contributed by atoms with E-state index in [1.54, 1.807) is 0 Å². The van der Waals surface area contributed by atoms with Crippen LogP contribution >= 0.6 is 0 Å². The summed E-state index contributed by atoms with van der Waals surface area (Å²) in [5, 5.41) is 7.97. The van der Waals surface area contributed by atoms with Gasteiger partial charge in [0.05, 0.1) is 12.0 Å². The maximum absolute atomic E-state index is 12.4. The molecule has 0 aliphatic heterocycles. The van der Waals surface area contributed by atoms with Crippen molar-refractivity contribution in [1.82, 2.24) is 0 Å². The van der Waals surface area contributed by atoms with Crippen LogP contribution in [0, 0.1) is 17.2 Å². The molecule has 0 bridgehead atoms. The quantitative estimate of drug-likeness (QED) is 0.447. The molecule has 0 amide bonds. The molecule has 1 unspecified atom stereocenters. The molecule has 0 radical (unpaired) electrons. The van der Waals surface area contributed by atoms with Crippen LogP contribution < -0.4 is 0 Å². The van der Waals surface area contributed by atoms with Gasteiger partial charge in [0.1, 0.15) is 0 Å². The smallest absolute Gasteiger partial charge is 0.200 e. The van der Waals surface area contributed by atoms with E-state index < -0.39 is 24.2 Å². The number of alkyl halides is 4. The van der Waals surface area contributed by atoms with E-state index >= 15 is 0 Å². The Balaban J connectivity index is 2.67. The normalized spacial score (nSPS) is 31.1. The average molecular weight is 179 g/mol. The molecule has 0 heterocycles. The molecule has 1 atom stereocenters. The van der Waals surface area contributed by atoms with Gasteiger partial charge in [-0.15, -0.1) is 0 Å². The van der Waals surface area contributed by atoms with Gasteiger partial charge in [-0.25, -0.2) is 0 Å². The van der Waals surface area contributed by atoms with E-state index in [2.05, 4.69) is 0 Å². The molecule has 1 fully saturated rings. The van der Waals surface area contributed by atoms with Gasteiger partial charge in [-0.3, -0.25) is 0 Å². The van der Waals surface area contributed by atoms with Gasteiger partial charge < -0.3 is 0 Å². The predicted molar refractivity (Wildman–Crippen MR) is 32.8 cm³/mol. The zero-order chi connectivity index (χ0) is 9.41. The highest BCUT2D eigenvalue weighted by atomic mass is 19.3. The minimum absolute atomic E-state index is 0.799. The highest BCUT2D eigenvalue weighted by Crippen LogP contribution is 2.55. The zero-order valence-corrected chi connectivity index (χ0v) is 5.90. The number of hydrogen-bond donors (Lipinski definition) is 0. The Kier molecular flexibility index (Phi) is 1.86. The Bertz CT molecular complexity index is 251. The summed E-state index contributed by atoms with van der Waals surface area (Å²) in [4.78, 5) is 0. The van der Waals surface area contributed by atoms with Crippen molar-refractivity contribution in [3.63, 3.8) is 0 Å². The molecule has 5 heteroatoms. The summed E-state index contributed by atoms with van der Waals surface area (Å²) >= 11 is 0. The van der Waals surface area contributed by atoms with Crippen molar-refractivity contribution < 1.29 is 17.6 Å². The Morgan fingerprint density at radius 3 is 2.25 bits per heavy atom. The Morgan fingerprint density at radius 1 is 1.33 bits per heavy atom. The minimum atomic E-state index is -3.99. The Hall–Kier alpha value is -1.05. The third-order valence-corrected chi connectivity index (χ3v) is 1.83. The molecular weight excluding hydrogens is 174 g/mol. The zero-order valence-electron chi connectivity index (χ0n) is 5.90. The summed E-state index contributed by atoms with van der Waals surface area (Å²) in [7, 11) is 0. The predicted octanol–water partition coefficient (Wildman–Crippen LogP) is 2.36. The first-order chi connectivity index (χ1) is 5.42. The molecule has 0 aromatic heterocycles. The number of nitriles is 1. The van der Waals surface area contributed by atoms with Crippen molar-refractivity contribution in [3.05, 3.63) is 12.2 Å². The van der Waals surface area contributed by atoms with E-state index in [0.29, 0.717) is 0 Å². The third-order valence-electron chi connectivity index (χ3n) is 1.83. The fourth-order valence-corrected chi connectivity index (χ4v) is 1.03. The van der Waals surface area contributed by atoms with Crippen molar-refractivity contribution in [2.24, 2.45) is 5.92 Å². The van der Waals surface area contributed by atoms with Gasteiger partial charge in [-0.2, -0.15) is 22.8 Å². The fourth-order valence-electron chi connectivity index (χ4n) is 1.03. The number of allylic oxidation sites excluding steroid dienone is 2. The van der Waals surface area contributed by atoms with Crippen molar-refractivity contribution in [3.8, 4) is 6.07 Å². The SMILES string of the molecule is N#CC=CC1CC(F)(F)C1(F)F. The molecule has 0 saturated heterocycles. The third kappa shape index (κ3) is 1.07. The first-order valence-corrected chi connectivity index (χ1v) is 3.24. The van der Waals surface area contributed by atoms with Crippen molar-refractivity contribution in [1.29, 1.82) is 5.26 Å². The Morgan fingerprint density at radius 2 is 1.92 bits per heavy atom. The number of nitrogens with zero attached hydrogens (tertiary/aromatic N) is 1. The molecule has 1 saturated carbocycles. The molecule has 0 spiro atoms. The molecule has 66 valence electrons. The highest BCUT2D eigenvalue weighted by Gasteiger charge is 2.70. The first-order valence-electron chi connectivity index (χ1n) is 3.24. The van der Waals surface area contributed by atoms with Crippen LogP contribution in [0.25, 0.3) is 0 Å². The van der Waals surface area contributed by atoms with E-state index in [4.69, 9.17) is 5.26 Å². The molecule has 1 nitrogen and oxygen atoms in total. The number of halogens is 4. The maximum atomic E-state index is 12.4. The molecular formula is C7H5F4N. The van der Waals surface area contributed by atoms with Crippen LogP contribution in [0.3, 0.4) is 0 Å². The summed E-state index contributed by atoms with van der Waals surface area (Å²) in [6, 6.07) is 1.47. The van der Waals surface area contributed by atoms with Crippen LogP contribution in [0.4, 0.5) is 17.6 Å². The van der Waals surface area contributed by atoms with Crippen molar-refractivity contribution in [2.45, 2.75) is 18.3 Å². The van der Waals surface area contributed by atoms with Crippen LogP contribution in [-0.2, 0) is 0 Å². The van der Waals surface area contributed by atoms with Gasteiger partial charge >= 0.3 is 11.8 Å². The number of hydrogen-bond acceptors (Lipinski definition) is 1. The second kappa shape index (κ2) is 2.47. The molecule has 0 aromatic carbocycles. The molecule has 0 N–H and O–H groups in total. The first kappa shape index (κ1) is 9.04. The second-order valence-corrected chi connectivity index (χ2v) is 2.63. The van der Waals surface area contributed by atoms with E-state index in [1.807, 2.05) is 0 Å². The summed E-state index contributed by atoms with van der Waals surface area (Å²) in [6.45, 7) is 0. The van der Waals surface area contributed by atoms with Gasteiger partial charge in [0.2, 0.25) is 0 Å². The van der Waals surface area contributed by atoms with Gasteiger partial charge in [-0.1, -0.05) is 6.08 Å². The van der Waals surface area contributed by atoms with Crippen LogP contribution in [0.1, 0.15) is 6.42 Å². The lowest BCUT2D eigenvalue weighted by Crippen LogP contribution is -2.57. The van der Waals surface area contributed by atoms with Crippen molar-refractivity contribution in [2.75, 3.05) is 0 Å². The monoisotopic (exact) mass is 179 g/mol. The van der Waals surface area contributed by atoms with Crippen molar-refractivity contribution >= 4 is 0 Å². The average Bonchev–Trinajstić information content (AvgIpc) is 1.97. The van der Waals surface area contributed by atoms with E-state index in [-0.39, 0.29) is 0 Å².